The lowest BCUT2D eigenvalue weighted by Crippen LogP contribution is -1.87. The van der Waals surface area contributed by atoms with Crippen LogP contribution in [0.25, 0.3) is 0 Å². The van der Waals surface area contributed by atoms with Crippen molar-refractivity contribution >= 4 is 10.0 Å². The van der Waals surface area contributed by atoms with Gasteiger partial charge in [-0.3, -0.25) is 0 Å². The van der Waals surface area contributed by atoms with E-state index >= 15 is 0 Å². The zero-order valence-electron chi connectivity index (χ0n) is 6.52. The Morgan fingerprint density at radius 1 is 1.33 bits per heavy atom. The average Bonchev–Trinajstić information content (AvgIpc) is 1.63. The molecule has 0 aliphatic heterocycles. The Balaban J connectivity index is 3.59. The van der Waals surface area contributed by atoms with Gasteiger partial charge in [-0.25, -0.2) is 0 Å². The predicted molar refractivity (Wildman–Crippen MR) is 45.0 cm³/mol. The third-order valence-electron chi connectivity index (χ3n) is 0.595. The minimum Gasteiger partial charge on any atom is -0.372 e. The summed E-state index contributed by atoms with van der Waals surface area (Å²) >= 11 is 0. The molecule has 0 bridgehead atoms. The molecule has 0 saturated heterocycles. The minimum atomic E-state index is -0.637. The number of methoxy groups -OCH3 is 1. The third-order valence-corrected chi connectivity index (χ3v) is 1.35. The highest BCUT2D eigenvalue weighted by molar-refractivity contribution is 8.35. The maximum absolute atomic E-state index is 4.78. The van der Waals surface area contributed by atoms with Crippen LogP contribution in [-0.2, 0) is 4.74 Å². The lowest BCUT2D eigenvalue weighted by atomic mass is 10.8. The third kappa shape index (κ3) is 7.87. The molecule has 2 heteroatoms. The van der Waals surface area contributed by atoms with Crippen LogP contribution in [0.1, 0.15) is 0 Å². The molecule has 0 atom stereocenters. The van der Waals surface area contributed by atoms with Crippen LogP contribution < -0.4 is 0 Å². The second-order valence-corrected chi connectivity index (χ2v) is 6.43. The van der Waals surface area contributed by atoms with E-state index in [1.165, 1.54) is 0 Å². The van der Waals surface area contributed by atoms with Gasteiger partial charge in [0.15, 0.2) is 0 Å². The van der Waals surface area contributed by atoms with Crippen LogP contribution in [0.3, 0.4) is 0 Å². The highest BCUT2D eigenvalue weighted by Gasteiger charge is 1.94. The Hall–Kier alpha value is -0.130. The zero-order chi connectivity index (χ0) is 7.33. The second kappa shape index (κ2) is 3.81. The van der Waals surface area contributed by atoms with Gasteiger partial charge in [0.25, 0.3) is 0 Å². The fourth-order valence-corrected chi connectivity index (χ4v) is 0.810. The van der Waals surface area contributed by atoms with Gasteiger partial charge in [0, 0.05) is 7.11 Å². The summed E-state index contributed by atoms with van der Waals surface area (Å²) in [4.78, 5) is 0. The van der Waals surface area contributed by atoms with Gasteiger partial charge >= 0.3 is 0 Å². The number of rotatable bonds is 1. The van der Waals surface area contributed by atoms with Crippen molar-refractivity contribution in [1.82, 2.24) is 0 Å². The lowest BCUT2D eigenvalue weighted by Gasteiger charge is -2.14. The molecular formula is C7H14OS. The molecule has 0 aromatic heterocycles. The minimum absolute atomic E-state index is 0.560. The molecule has 0 saturated carbocycles. The Morgan fingerprint density at radius 3 is 2.22 bits per heavy atom. The van der Waals surface area contributed by atoms with E-state index < -0.39 is 10.0 Å². The van der Waals surface area contributed by atoms with Crippen LogP contribution in [0.2, 0.25) is 0 Å². The largest absolute Gasteiger partial charge is 0.372 e. The van der Waals surface area contributed by atoms with Gasteiger partial charge in [-0.05, 0) is 18.8 Å². The molecule has 0 aromatic carbocycles. The van der Waals surface area contributed by atoms with Crippen molar-refractivity contribution in [2.75, 3.05) is 32.5 Å². The van der Waals surface area contributed by atoms with E-state index in [9.17, 15) is 0 Å². The molecule has 0 rings (SSSR count). The molecule has 0 fully saturated rings. The van der Waals surface area contributed by atoms with E-state index in [4.69, 9.17) is 4.74 Å². The maximum Gasteiger partial charge on any atom is 0.108 e. The van der Waals surface area contributed by atoms with Crippen molar-refractivity contribution in [3.05, 3.63) is 0 Å². The summed E-state index contributed by atoms with van der Waals surface area (Å²) in [5, 5.41) is 3.13. The van der Waals surface area contributed by atoms with Crippen LogP contribution in [0, 0.1) is 11.2 Å². The number of hydrogen-bond acceptors (Lipinski definition) is 1. The first-order valence-corrected chi connectivity index (χ1v) is 5.59. The maximum atomic E-state index is 4.78. The molecular weight excluding hydrogens is 132 g/mol. The van der Waals surface area contributed by atoms with Crippen LogP contribution in [0.15, 0.2) is 0 Å². The van der Waals surface area contributed by atoms with Crippen molar-refractivity contribution in [1.29, 1.82) is 0 Å². The molecule has 0 aliphatic rings. The summed E-state index contributed by atoms with van der Waals surface area (Å²) in [5.74, 6) is 2.94. The van der Waals surface area contributed by atoms with Gasteiger partial charge in [0.05, 0.1) is 0 Å². The lowest BCUT2D eigenvalue weighted by molar-refractivity contribution is 0.240. The SMILES string of the molecule is COCC#CS(C)(C)C. The summed E-state index contributed by atoms with van der Waals surface area (Å²) in [6.07, 6.45) is 6.49. The van der Waals surface area contributed by atoms with Gasteiger partial charge in [0.2, 0.25) is 0 Å². The van der Waals surface area contributed by atoms with E-state index in [1.54, 1.807) is 7.11 Å². The smallest absolute Gasteiger partial charge is 0.108 e. The summed E-state index contributed by atoms with van der Waals surface area (Å²) in [7, 11) is 1.02. The van der Waals surface area contributed by atoms with Crippen molar-refractivity contribution in [3.8, 4) is 11.2 Å². The van der Waals surface area contributed by atoms with Crippen LogP contribution in [0.4, 0.5) is 0 Å². The normalized spacial score (nSPS) is 12.0. The molecule has 0 aromatic rings. The van der Waals surface area contributed by atoms with E-state index in [-0.39, 0.29) is 0 Å². The number of ether oxygens (including phenoxy) is 1. The molecule has 0 heterocycles. The van der Waals surface area contributed by atoms with E-state index in [2.05, 4.69) is 29.9 Å². The van der Waals surface area contributed by atoms with Gasteiger partial charge in [-0.2, -0.15) is 10.0 Å². The van der Waals surface area contributed by atoms with E-state index in [0.717, 1.165) is 0 Å². The van der Waals surface area contributed by atoms with Crippen molar-refractivity contribution in [2.24, 2.45) is 0 Å². The van der Waals surface area contributed by atoms with Crippen LogP contribution in [-0.4, -0.2) is 32.5 Å². The molecule has 0 amide bonds. The molecule has 0 radical (unpaired) electrons. The molecule has 0 aliphatic carbocycles. The van der Waals surface area contributed by atoms with Gasteiger partial charge < -0.3 is 4.74 Å². The Kier molecular flexibility index (Phi) is 3.76. The topological polar surface area (TPSA) is 9.23 Å². The van der Waals surface area contributed by atoms with E-state index in [0.29, 0.717) is 6.61 Å². The molecule has 0 spiro atoms. The quantitative estimate of drug-likeness (QED) is 0.506. The van der Waals surface area contributed by atoms with Crippen LogP contribution in [0.5, 0.6) is 0 Å². The highest BCUT2D eigenvalue weighted by atomic mass is 32.3. The van der Waals surface area contributed by atoms with Crippen molar-refractivity contribution in [3.63, 3.8) is 0 Å². The first kappa shape index (κ1) is 8.87. The van der Waals surface area contributed by atoms with Crippen molar-refractivity contribution < 1.29 is 4.74 Å². The summed E-state index contributed by atoms with van der Waals surface area (Å²) in [6, 6.07) is 0. The second-order valence-electron chi connectivity index (χ2n) is 2.55. The fraction of sp³-hybridized carbons (Fsp3) is 0.714. The first-order valence-electron chi connectivity index (χ1n) is 2.73. The summed E-state index contributed by atoms with van der Waals surface area (Å²) < 4.78 is 4.78. The highest BCUT2D eigenvalue weighted by Crippen LogP contribution is 2.31. The van der Waals surface area contributed by atoms with Crippen LogP contribution >= 0.6 is 10.0 Å². The van der Waals surface area contributed by atoms with Gasteiger partial charge in [0.1, 0.15) is 6.61 Å². The molecule has 1 nitrogen and oxygen atoms in total. The molecule has 0 N–H and O–H groups in total. The summed E-state index contributed by atoms with van der Waals surface area (Å²) in [5.41, 5.74) is 0. The molecule has 9 heavy (non-hydrogen) atoms. The zero-order valence-corrected chi connectivity index (χ0v) is 7.34. The first-order chi connectivity index (χ1) is 4.06. The Morgan fingerprint density at radius 2 is 1.89 bits per heavy atom. The Bertz CT molecular complexity index is 124. The Labute approximate surface area is 59.1 Å². The van der Waals surface area contributed by atoms with Gasteiger partial charge in [-0.1, -0.05) is 11.2 Å². The number of hydrogen-bond donors (Lipinski definition) is 0. The molecule has 54 valence electrons. The fourth-order valence-electron chi connectivity index (χ4n) is 0.318. The molecule has 0 unspecified atom stereocenters. The predicted octanol–water partition coefficient (Wildman–Crippen LogP) is 1.29. The summed E-state index contributed by atoms with van der Waals surface area (Å²) in [6.45, 7) is 0.560. The van der Waals surface area contributed by atoms with Crippen molar-refractivity contribution in [2.45, 2.75) is 0 Å². The van der Waals surface area contributed by atoms with E-state index in [1.807, 2.05) is 0 Å². The van der Waals surface area contributed by atoms with Gasteiger partial charge in [-0.15, -0.1) is 0 Å². The standard InChI is InChI=1S/C7H14OS/c1-8-6-5-7-9(2,3)4/h6H2,1-4H3. The monoisotopic (exact) mass is 146 g/mol. The average molecular weight is 146 g/mol.